The lowest BCUT2D eigenvalue weighted by molar-refractivity contribution is -0.139. The van der Waals surface area contributed by atoms with E-state index in [4.69, 9.17) is 31.7 Å². The van der Waals surface area contributed by atoms with Crippen LogP contribution in [0.25, 0.3) is 0 Å². The van der Waals surface area contributed by atoms with Crippen molar-refractivity contribution in [1.29, 1.82) is 0 Å². The van der Waals surface area contributed by atoms with Crippen molar-refractivity contribution < 1.29 is 29.9 Å². The van der Waals surface area contributed by atoms with Gasteiger partial charge in [-0.3, -0.25) is 9.59 Å². The highest BCUT2D eigenvalue weighted by Crippen LogP contribution is 2.02. The largest absolute Gasteiger partial charge is 0.480 e. The van der Waals surface area contributed by atoms with Gasteiger partial charge in [0.05, 0.1) is 0 Å². The van der Waals surface area contributed by atoms with E-state index in [1.165, 1.54) is 0 Å². The van der Waals surface area contributed by atoms with Gasteiger partial charge in [0.2, 0.25) is 0 Å². The first-order valence-corrected chi connectivity index (χ1v) is 7.38. The topological polar surface area (TPSA) is 167 Å². The predicted octanol–water partition coefficient (Wildman–Crippen LogP) is -0.677. The van der Waals surface area contributed by atoms with Gasteiger partial charge in [0, 0.05) is 0 Å². The summed E-state index contributed by atoms with van der Waals surface area (Å²) < 4.78 is 0. The Morgan fingerprint density at radius 2 is 1.42 bits per heavy atom. The second-order valence-corrected chi connectivity index (χ2v) is 5.35. The third-order valence-electron chi connectivity index (χ3n) is 2.66. The molecule has 0 aliphatic rings. The Morgan fingerprint density at radius 3 is 1.71 bits per heavy atom. The molecular weight excluding hydrogens is 315 g/mol. The number of carboxylic acids is 2. The smallest absolute Gasteiger partial charge is 0.432 e. The summed E-state index contributed by atoms with van der Waals surface area (Å²) >= 11 is 0. The summed E-state index contributed by atoms with van der Waals surface area (Å²) in [5, 5.41) is 31.1. The van der Waals surface area contributed by atoms with E-state index in [0.717, 1.165) is 5.56 Å². The van der Waals surface area contributed by atoms with Crippen LogP contribution in [0.15, 0.2) is 30.3 Å². The lowest BCUT2D eigenvalue weighted by Crippen LogP contribution is -2.32. The summed E-state index contributed by atoms with van der Waals surface area (Å²) in [6.45, 7) is 3.89. The van der Waals surface area contributed by atoms with Crippen molar-refractivity contribution in [2.75, 3.05) is 0 Å². The molecule has 1 rings (SSSR count). The van der Waals surface area contributed by atoms with Gasteiger partial charge in [0.25, 0.3) is 0 Å². The van der Waals surface area contributed by atoms with E-state index in [2.05, 4.69) is 0 Å². The number of aliphatic carboxylic acids is 2. The fourth-order valence-corrected chi connectivity index (χ4v) is 1.56. The molecule has 2 unspecified atom stereocenters. The summed E-state index contributed by atoms with van der Waals surface area (Å²) in [6.07, 6.45) is 0.936. The molecule has 0 saturated heterocycles. The van der Waals surface area contributed by atoms with E-state index in [-0.39, 0.29) is 0 Å². The Kier molecular flexibility index (Phi) is 14.8. The van der Waals surface area contributed by atoms with Gasteiger partial charge in [-0.25, -0.2) is 0 Å². The number of carboxylic acid groups (broad SMARTS) is 2. The van der Waals surface area contributed by atoms with Crippen LogP contribution in [0.1, 0.15) is 25.8 Å². The average Bonchev–Trinajstić information content (AvgIpc) is 2.48. The van der Waals surface area contributed by atoms with E-state index < -0.39 is 31.7 Å². The zero-order chi connectivity index (χ0) is 19.1. The minimum Gasteiger partial charge on any atom is -0.480 e. The molecule has 0 amide bonds. The molecule has 0 heterocycles. The molecule has 0 spiro atoms. The minimum atomic E-state index is -0.959. The minimum absolute atomic E-state index is 0.357. The summed E-state index contributed by atoms with van der Waals surface area (Å²) in [7, 11) is -0.750. The molecule has 2 atom stereocenters. The highest BCUT2D eigenvalue weighted by Gasteiger charge is 2.12. The molecule has 9 heteroatoms. The van der Waals surface area contributed by atoms with Gasteiger partial charge in [-0.05, 0) is 24.3 Å². The standard InChI is InChI=1S/C9H11NO2.C6H13NO2.BH3O2/c10-8(9(11)12)6-7-4-2-1-3-5-7;1-4(2)3-5(7)6(8)9;2-1-3/h1-5,8H,6,10H2,(H,11,12);4-5H,3,7H2,1-2H3,(H,8,9);1-3H. The molecule has 136 valence electrons. The Bertz CT molecular complexity index is 459. The molecule has 0 fully saturated rings. The van der Waals surface area contributed by atoms with Crippen LogP contribution in [0, 0.1) is 5.92 Å². The number of carbonyl (C=O) groups is 2. The third kappa shape index (κ3) is 15.0. The van der Waals surface area contributed by atoms with Crippen LogP contribution in [-0.2, 0) is 16.0 Å². The monoisotopic (exact) mass is 342 g/mol. The number of hydrogen-bond donors (Lipinski definition) is 6. The quantitative estimate of drug-likeness (QED) is 0.370. The summed E-state index contributed by atoms with van der Waals surface area (Å²) in [6, 6.07) is 7.85. The van der Waals surface area contributed by atoms with Crippen molar-refractivity contribution >= 4 is 19.6 Å². The number of rotatable bonds is 6. The lowest BCUT2D eigenvalue weighted by Gasteiger charge is -2.07. The van der Waals surface area contributed by atoms with Crippen LogP contribution in [0.3, 0.4) is 0 Å². The maximum atomic E-state index is 10.4. The van der Waals surface area contributed by atoms with Crippen molar-refractivity contribution in [1.82, 2.24) is 0 Å². The van der Waals surface area contributed by atoms with Gasteiger partial charge < -0.3 is 31.7 Å². The summed E-state index contributed by atoms with van der Waals surface area (Å²) in [5.41, 5.74) is 11.5. The Morgan fingerprint density at radius 1 is 1.00 bits per heavy atom. The summed E-state index contributed by atoms with van der Waals surface area (Å²) in [5.74, 6) is -1.52. The van der Waals surface area contributed by atoms with Crippen LogP contribution in [-0.4, -0.2) is 52.0 Å². The van der Waals surface area contributed by atoms with Gasteiger partial charge in [-0.2, -0.15) is 0 Å². The van der Waals surface area contributed by atoms with Gasteiger partial charge >= 0.3 is 19.6 Å². The molecular formula is C15H27BN2O6. The van der Waals surface area contributed by atoms with Gasteiger partial charge in [0.15, 0.2) is 0 Å². The zero-order valence-electron chi connectivity index (χ0n) is 14.0. The zero-order valence-corrected chi connectivity index (χ0v) is 14.0. The Labute approximate surface area is 142 Å². The van der Waals surface area contributed by atoms with Crippen LogP contribution in [0.2, 0.25) is 0 Å². The third-order valence-corrected chi connectivity index (χ3v) is 2.66. The van der Waals surface area contributed by atoms with Crippen LogP contribution in [0.4, 0.5) is 0 Å². The van der Waals surface area contributed by atoms with E-state index in [9.17, 15) is 9.59 Å². The molecule has 24 heavy (non-hydrogen) atoms. The molecule has 8 N–H and O–H groups in total. The molecule has 0 radical (unpaired) electrons. The van der Waals surface area contributed by atoms with Crippen LogP contribution >= 0.6 is 0 Å². The Hall–Kier alpha value is -1.94. The molecule has 1 aromatic carbocycles. The average molecular weight is 342 g/mol. The van der Waals surface area contributed by atoms with E-state index >= 15 is 0 Å². The van der Waals surface area contributed by atoms with Crippen molar-refractivity contribution in [2.24, 2.45) is 17.4 Å². The number of benzene rings is 1. The van der Waals surface area contributed by atoms with Crippen molar-refractivity contribution in [3.8, 4) is 0 Å². The van der Waals surface area contributed by atoms with E-state index in [0.29, 0.717) is 18.8 Å². The lowest BCUT2D eigenvalue weighted by atomic mass is 10.1. The number of nitrogens with two attached hydrogens (primary N) is 2. The SMILES string of the molecule is CC(C)CC(N)C(=O)O.NC(Cc1ccccc1)C(=O)O.OBO. The molecule has 0 aliphatic carbocycles. The molecule has 0 aliphatic heterocycles. The molecule has 0 bridgehead atoms. The van der Waals surface area contributed by atoms with Crippen molar-refractivity contribution in [2.45, 2.75) is 38.8 Å². The van der Waals surface area contributed by atoms with Gasteiger partial charge in [-0.15, -0.1) is 0 Å². The van der Waals surface area contributed by atoms with Crippen LogP contribution < -0.4 is 11.5 Å². The first-order valence-electron chi connectivity index (χ1n) is 7.38. The fourth-order valence-electron chi connectivity index (χ4n) is 1.56. The van der Waals surface area contributed by atoms with Gasteiger partial charge in [0.1, 0.15) is 12.1 Å². The normalized spacial score (nSPS) is 12.0. The van der Waals surface area contributed by atoms with Crippen LogP contribution in [0.5, 0.6) is 0 Å². The molecule has 0 saturated carbocycles. The highest BCUT2D eigenvalue weighted by atomic mass is 16.4. The highest BCUT2D eigenvalue weighted by molar-refractivity contribution is 6.13. The Balaban J connectivity index is 0. The van der Waals surface area contributed by atoms with E-state index in [1.807, 2.05) is 44.2 Å². The maximum absolute atomic E-state index is 10.4. The van der Waals surface area contributed by atoms with Crippen molar-refractivity contribution in [3.05, 3.63) is 35.9 Å². The second-order valence-electron chi connectivity index (χ2n) is 5.35. The summed E-state index contributed by atoms with van der Waals surface area (Å²) in [4.78, 5) is 20.5. The fraction of sp³-hybridized carbons (Fsp3) is 0.467. The van der Waals surface area contributed by atoms with Crippen molar-refractivity contribution in [3.63, 3.8) is 0 Å². The second kappa shape index (κ2) is 14.6. The van der Waals surface area contributed by atoms with E-state index in [1.54, 1.807) is 0 Å². The van der Waals surface area contributed by atoms with Gasteiger partial charge in [-0.1, -0.05) is 44.2 Å². The maximum Gasteiger partial charge on any atom is 0.432 e. The molecule has 0 aromatic heterocycles. The predicted molar refractivity (Wildman–Crippen MR) is 92.4 cm³/mol. The first-order chi connectivity index (χ1) is 11.1. The molecule has 1 aromatic rings. The molecule has 8 nitrogen and oxygen atoms in total. The first kappa shape index (κ1) is 24.3. The number of hydrogen-bond acceptors (Lipinski definition) is 6.